The number of nitrogens with one attached hydrogen (secondary N) is 1. The number of halogens is 16. The fourth-order valence-corrected chi connectivity index (χ4v) is 4.43. The van der Waals surface area contributed by atoms with Gasteiger partial charge in [-0.05, 0) is 0 Å². The van der Waals surface area contributed by atoms with Crippen molar-refractivity contribution in [3.8, 4) is 0 Å². The van der Waals surface area contributed by atoms with Crippen LogP contribution in [0.1, 0.15) is 13.8 Å². The first-order valence-corrected chi connectivity index (χ1v) is 9.97. The fraction of sp³-hybridized carbons (Fsp3) is 1.00. The van der Waals surface area contributed by atoms with Crippen LogP contribution in [0, 0.1) is 0 Å². The van der Waals surface area contributed by atoms with Gasteiger partial charge in [0.25, 0.3) is 20.0 Å². The summed E-state index contributed by atoms with van der Waals surface area (Å²) in [4.78, 5) is 0. The molecule has 0 aromatic carbocycles. The second-order valence-electron chi connectivity index (χ2n) is 6.20. The van der Waals surface area contributed by atoms with E-state index >= 15 is 0 Å². The Bertz CT molecular complexity index is 882. The minimum absolute atomic E-state index is 1.19. The van der Waals surface area contributed by atoms with Gasteiger partial charge in [0.05, 0.1) is 0 Å². The first-order valence-electron chi connectivity index (χ1n) is 7.01. The predicted octanol–water partition coefficient (Wildman–Crippen LogP) is 4.27. The van der Waals surface area contributed by atoms with E-state index in [1.165, 1.54) is 0 Å². The van der Waals surface area contributed by atoms with E-state index in [9.17, 15) is 87.1 Å². The summed E-state index contributed by atoms with van der Waals surface area (Å²) in [6, 6.07) is 0. The highest BCUT2D eigenvalue weighted by atomic mass is 32.3. The monoisotopic (exact) mass is 573 g/mol. The predicted molar refractivity (Wildman–Crippen MR) is 71.9 cm³/mol. The summed E-state index contributed by atoms with van der Waals surface area (Å²) in [7, 11) is -16.8. The number of sulfonamides is 2. The average molecular weight is 573 g/mol. The zero-order chi connectivity index (χ0) is 27.7. The number of rotatable bonds is 10. The maximum absolute atomic E-state index is 13.5. The Morgan fingerprint density at radius 2 is 0.606 bits per heavy atom. The van der Waals surface area contributed by atoms with E-state index in [1.54, 1.807) is 0 Å². The third kappa shape index (κ3) is 4.31. The summed E-state index contributed by atoms with van der Waals surface area (Å²) < 4.78 is 252. The molecule has 33 heavy (non-hydrogen) atoms. The van der Waals surface area contributed by atoms with Crippen molar-refractivity contribution in [2.24, 2.45) is 0 Å². The maximum Gasteiger partial charge on any atom is 0.428 e. The molecule has 0 bridgehead atoms. The molecule has 1 N–H and O–H groups in total. The summed E-state index contributed by atoms with van der Waals surface area (Å²) in [6.07, 6.45) is 0. The Kier molecular flexibility index (Phi) is 7.33. The molecule has 0 saturated heterocycles. The Balaban J connectivity index is 6.73. The molecule has 0 amide bonds. The Labute approximate surface area is 172 Å². The lowest BCUT2D eigenvalue weighted by Gasteiger charge is -2.36. The highest BCUT2D eigenvalue weighted by molar-refractivity contribution is 8.05. The number of hydrogen-bond acceptors (Lipinski definition) is 4. The van der Waals surface area contributed by atoms with Gasteiger partial charge in [-0.25, -0.2) is 16.8 Å². The molecule has 5 nitrogen and oxygen atoms in total. The lowest BCUT2D eigenvalue weighted by atomic mass is 10.1. The van der Waals surface area contributed by atoms with E-state index in [0.29, 0.717) is 0 Å². The molecule has 0 heterocycles. The van der Waals surface area contributed by atoms with Crippen molar-refractivity contribution < 1.29 is 87.1 Å². The molecule has 0 unspecified atom stereocenters. The van der Waals surface area contributed by atoms with Crippen LogP contribution in [0.2, 0.25) is 0 Å². The van der Waals surface area contributed by atoms with E-state index in [4.69, 9.17) is 0 Å². The van der Waals surface area contributed by atoms with Crippen molar-refractivity contribution in [2.75, 3.05) is 0 Å². The van der Waals surface area contributed by atoms with E-state index in [2.05, 4.69) is 0 Å². The minimum atomic E-state index is -8.42. The topological polar surface area (TPSA) is 80.3 Å². The van der Waals surface area contributed by atoms with Gasteiger partial charge in [0.15, 0.2) is 0 Å². The van der Waals surface area contributed by atoms with Crippen molar-refractivity contribution in [1.82, 2.24) is 4.13 Å². The van der Waals surface area contributed by atoms with Crippen molar-refractivity contribution in [1.29, 1.82) is 0 Å². The third-order valence-corrected chi connectivity index (χ3v) is 7.13. The van der Waals surface area contributed by atoms with Gasteiger partial charge in [0, 0.05) is 13.8 Å². The van der Waals surface area contributed by atoms with Crippen LogP contribution in [0.4, 0.5) is 70.2 Å². The summed E-state index contributed by atoms with van der Waals surface area (Å²) in [5.41, 5.74) is 0. The molecular weight excluding hydrogens is 566 g/mol. The highest BCUT2D eigenvalue weighted by Gasteiger charge is 2.86. The van der Waals surface area contributed by atoms with Gasteiger partial charge in [-0.1, -0.05) is 4.13 Å². The van der Waals surface area contributed by atoms with Gasteiger partial charge in [-0.3, -0.25) is 0 Å². The standard InChI is InChI=1S/C10H7F16NO4S2/c1-3(11,12)5(15,16)7(19,20)9(23,24)32(28,29)27-33(30,31)10(25,26)8(21,22)6(17,18)4(2,13)14/h27H,1-2H3. The zero-order valence-corrected chi connectivity index (χ0v) is 16.6. The molecule has 0 saturated carbocycles. The van der Waals surface area contributed by atoms with Crippen LogP contribution in [0.15, 0.2) is 0 Å². The average Bonchev–Trinajstić information content (AvgIpc) is 2.50. The second kappa shape index (κ2) is 7.62. The first kappa shape index (κ1) is 31.7. The highest BCUT2D eigenvalue weighted by Crippen LogP contribution is 2.56. The second-order valence-corrected chi connectivity index (χ2v) is 9.90. The normalized spacial score (nSPS) is 16.8. The number of hydrogen-bond donors (Lipinski definition) is 1. The third-order valence-electron chi connectivity index (χ3n) is 3.52. The van der Waals surface area contributed by atoms with E-state index in [-0.39, 0.29) is 0 Å². The first-order chi connectivity index (χ1) is 13.7. The smallest absolute Gasteiger partial charge is 0.205 e. The van der Waals surface area contributed by atoms with E-state index < -0.39 is 84.1 Å². The molecule has 0 radical (unpaired) electrons. The van der Waals surface area contributed by atoms with Crippen LogP contribution in [0.25, 0.3) is 0 Å². The summed E-state index contributed by atoms with van der Waals surface area (Å²) in [5.74, 6) is -43.0. The molecule has 0 atom stereocenters. The molecule has 23 heteroatoms. The molecule has 0 spiro atoms. The fourth-order valence-electron chi connectivity index (χ4n) is 1.50. The van der Waals surface area contributed by atoms with Crippen LogP contribution in [0.5, 0.6) is 0 Å². The van der Waals surface area contributed by atoms with E-state index in [1.807, 2.05) is 0 Å². The molecule has 0 aliphatic carbocycles. The van der Waals surface area contributed by atoms with Gasteiger partial charge in [0.1, 0.15) is 0 Å². The summed E-state index contributed by atoms with van der Waals surface area (Å²) in [6.45, 7) is -2.37. The molecule has 0 aromatic heterocycles. The van der Waals surface area contributed by atoms with Crippen LogP contribution < -0.4 is 4.13 Å². The Morgan fingerprint density at radius 3 is 0.758 bits per heavy atom. The molecular formula is C10H7F16NO4S2. The van der Waals surface area contributed by atoms with Crippen LogP contribution in [0.3, 0.4) is 0 Å². The van der Waals surface area contributed by atoms with Crippen LogP contribution >= 0.6 is 0 Å². The molecule has 0 aliphatic rings. The Morgan fingerprint density at radius 1 is 0.424 bits per heavy atom. The molecule has 0 aliphatic heterocycles. The van der Waals surface area contributed by atoms with Gasteiger partial charge in [-0.15, -0.1) is 0 Å². The molecule has 0 rings (SSSR count). The van der Waals surface area contributed by atoms with Crippen molar-refractivity contribution in [3.05, 3.63) is 0 Å². The van der Waals surface area contributed by atoms with Gasteiger partial charge < -0.3 is 0 Å². The quantitative estimate of drug-likeness (QED) is 0.396. The molecule has 0 fully saturated rings. The summed E-state index contributed by atoms with van der Waals surface area (Å²) in [5, 5.41) is -15.7. The summed E-state index contributed by atoms with van der Waals surface area (Å²) >= 11 is 0. The largest absolute Gasteiger partial charge is 0.428 e. The van der Waals surface area contributed by atoms with Gasteiger partial charge in [-0.2, -0.15) is 70.2 Å². The van der Waals surface area contributed by atoms with Crippen LogP contribution in [-0.4, -0.2) is 62.9 Å². The van der Waals surface area contributed by atoms with Crippen molar-refractivity contribution >= 4 is 20.0 Å². The molecule has 200 valence electrons. The Hall–Kier alpha value is -1.26. The molecule has 0 aromatic rings. The van der Waals surface area contributed by atoms with E-state index in [0.717, 1.165) is 0 Å². The van der Waals surface area contributed by atoms with Crippen LogP contribution in [-0.2, 0) is 20.0 Å². The van der Waals surface area contributed by atoms with Gasteiger partial charge in [0.2, 0.25) is 0 Å². The van der Waals surface area contributed by atoms with Crippen molar-refractivity contribution in [3.63, 3.8) is 0 Å². The minimum Gasteiger partial charge on any atom is -0.205 e. The number of alkyl halides is 16. The SMILES string of the molecule is CC(F)(F)C(F)(F)C(F)(F)C(F)(F)S(=O)(=O)NS(=O)(=O)C(F)(F)C(F)(F)C(F)(F)C(C)(F)F. The van der Waals surface area contributed by atoms with Gasteiger partial charge >= 0.3 is 46.0 Å². The van der Waals surface area contributed by atoms with Crippen molar-refractivity contribution in [2.45, 2.75) is 59.9 Å². The zero-order valence-electron chi connectivity index (χ0n) is 15.0. The lowest BCUT2D eigenvalue weighted by Crippen LogP contribution is -2.68. The maximum atomic E-state index is 13.5. The lowest BCUT2D eigenvalue weighted by molar-refractivity contribution is -0.343.